The van der Waals surface area contributed by atoms with E-state index in [4.69, 9.17) is 14.2 Å². The molecule has 0 aromatic carbocycles. The zero-order chi connectivity index (χ0) is 42.4. The number of hydrogen-bond donors (Lipinski definition) is 0. The van der Waals surface area contributed by atoms with Crippen LogP contribution in [0.4, 0.5) is 0 Å². The minimum Gasteiger partial charge on any atom is -0.462 e. The second-order valence-corrected chi connectivity index (χ2v) is 18.1. The molecular formula is C52H100O6. The smallest absolute Gasteiger partial charge is 0.306 e. The lowest BCUT2D eigenvalue weighted by atomic mass is 10.00. The Kier molecular flexibility index (Phi) is 45.2. The molecule has 0 saturated carbocycles. The van der Waals surface area contributed by atoms with Gasteiger partial charge < -0.3 is 14.2 Å². The van der Waals surface area contributed by atoms with Crippen molar-refractivity contribution in [2.24, 2.45) is 5.92 Å². The molecule has 0 N–H and O–H groups in total. The van der Waals surface area contributed by atoms with Gasteiger partial charge in [-0.25, -0.2) is 0 Å². The lowest BCUT2D eigenvalue weighted by Crippen LogP contribution is -2.30. The van der Waals surface area contributed by atoms with Crippen LogP contribution in [-0.4, -0.2) is 37.2 Å². The first-order valence-electron chi connectivity index (χ1n) is 25.9. The van der Waals surface area contributed by atoms with Crippen LogP contribution in [0.5, 0.6) is 0 Å². The van der Waals surface area contributed by atoms with Gasteiger partial charge in [0.1, 0.15) is 13.2 Å². The fourth-order valence-electron chi connectivity index (χ4n) is 7.83. The van der Waals surface area contributed by atoms with Crippen molar-refractivity contribution in [3.8, 4) is 0 Å². The average Bonchev–Trinajstić information content (AvgIpc) is 3.22. The van der Waals surface area contributed by atoms with Crippen LogP contribution in [0.3, 0.4) is 0 Å². The predicted octanol–water partition coefficient (Wildman–Crippen LogP) is 16.7. The third-order valence-corrected chi connectivity index (χ3v) is 12.2. The SMILES string of the molecule is CCCCCCCCCCCCCCCCCCCC(=O)OC[C@H](COC(=O)CCCCCCCCC(C)CC)OC(=O)CCCCCCCCCCCCCCC. The van der Waals surface area contributed by atoms with Gasteiger partial charge in [-0.1, -0.05) is 252 Å². The van der Waals surface area contributed by atoms with E-state index in [9.17, 15) is 14.4 Å². The normalized spacial score (nSPS) is 12.4. The van der Waals surface area contributed by atoms with E-state index in [1.54, 1.807) is 0 Å². The summed E-state index contributed by atoms with van der Waals surface area (Å²) in [6, 6.07) is 0. The van der Waals surface area contributed by atoms with Crippen molar-refractivity contribution in [1.82, 2.24) is 0 Å². The fraction of sp³-hybridized carbons (Fsp3) is 0.942. The maximum atomic E-state index is 12.8. The monoisotopic (exact) mass is 821 g/mol. The first-order valence-corrected chi connectivity index (χ1v) is 25.9. The molecule has 0 heterocycles. The van der Waals surface area contributed by atoms with Gasteiger partial charge in [0.05, 0.1) is 0 Å². The standard InChI is InChI=1S/C52H100O6/c1-5-8-10-12-14-16-18-20-21-22-23-25-26-28-30-35-39-43-50(53)56-46-49(47-57-51(54)44-40-36-33-32-34-38-42-48(4)7-3)58-52(55)45-41-37-31-29-27-24-19-17-15-13-11-9-6-2/h48-49H,5-47H2,1-4H3/t48?,49-/m1/s1. The van der Waals surface area contributed by atoms with Crippen LogP contribution in [-0.2, 0) is 28.6 Å². The van der Waals surface area contributed by atoms with Gasteiger partial charge in [-0.2, -0.15) is 0 Å². The zero-order valence-corrected chi connectivity index (χ0v) is 39.5. The highest BCUT2D eigenvalue weighted by Gasteiger charge is 2.19. The molecule has 58 heavy (non-hydrogen) atoms. The molecule has 344 valence electrons. The van der Waals surface area contributed by atoms with Gasteiger partial charge in [0, 0.05) is 19.3 Å². The summed E-state index contributed by atoms with van der Waals surface area (Å²) in [4.78, 5) is 37.9. The van der Waals surface area contributed by atoms with Crippen LogP contribution in [0.1, 0.15) is 291 Å². The number of esters is 3. The van der Waals surface area contributed by atoms with Crippen molar-refractivity contribution in [1.29, 1.82) is 0 Å². The molecule has 0 aromatic heterocycles. The van der Waals surface area contributed by atoms with Gasteiger partial charge in [-0.05, 0) is 25.2 Å². The van der Waals surface area contributed by atoms with Crippen molar-refractivity contribution >= 4 is 17.9 Å². The van der Waals surface area contributed by atoms with Crippen LogP contribution < -0.4 is 0 Å². The van der Waals surface area contributed by atoms with Gasteiger partial charge in [0.25, 0.3) is 0 Å². The Morgan fingerprint density at radius 1 is 0.345 bits per heavy atom. The maximum Gasteiger partial charge on any atom is 0.306 e. The van der Waals surface area contributed by atoms with E-state index < -0.39 is 6.10 Å². The summed E-state index contributed by atoms with van der Waals surface area (Å²) in [5, 5.41) is 0. The number of ether oxygens (including phenoxy) is 3. The van der Waals surface area contributed by atoms with Crippen molar-refractivity contribution in [3.05, 3.63) is 0 Å². The van der Waals surface area contributed by atoms with Gasteiger partial charge >= 0.3 is 17.9 Å². The molecule has 1 unspecified atom stereocenters. The minimum absolute atomic E-state index is 0.0634. The highest BCUT2D eigenvalue weighted by atomic mass is 16.6. The molecule has 0 bridgehead atoms. The third-order valence-electron chi connectivity index (χ3n) is 12.2. The molecule has 6 heteroatoms. The molecule has 0 spiro atoms. The average molecular weight is 821 g/mol. The van der Waals surface area contributed by atoms with E-state index in [1.165, 1.54) is 186 Å². The number of rotatable bonds is 47. The molecule has 0 saturated heterocycles. The van der Waals surface area contributed by atoms with Gasteiger partial charge in [-0.3, -0.25) is 14.4 Å². The van der Waals surface area contributed by atoms with E-state index in [-0.39, 0.29) is 31.1 Å². The first-order chi connectivity index (χ1) is 28.4. The van der Waals surface area contributed by atoms with Crippen molar-refractivity contribution in [2.45, 2.75) is 297 Å². The molecule has 0 fully saturated rings. The first kappa shape index (κ1) is 56.4. The van der Waals surface area contributed by atoms with E-state index >= 15 is 0 Å². The van der Waals surface area contributed by atoms with E-state index in [1.807, 2.05) is 0 Å². The van der Waals surface area contributed by atoms with Crippen molar-refractivity contribution in [3.63, 3.8) is 0 Å². The quantitative estimate of drug-likeness (QED) is 0.0346. The Morgan fingerprint density at radius 3 is 0.897 bits per heavy atom. The Morgan fingerprint density at radius 2 is 0.603 bits per heavy atom. The van der Waals surface area contributed by atoms with Gasteiger partial charge in [-0.15, -0.1) is 0 Å². The van der Waals surface area contributed by atoms with Gasteiger partial charge in [0.2, 0.25) is 0 Å². The summed E-state index contributed by atoms with van der Waals surface area (Å²) in [6.07, 6.45) is 48.0. The molecule has 0 rings (SSSR count). The molecule has 0 radical (unpaired) electrons. The summed E-state index contributed by atoms with van der Waals surface area (Å²) in [5.74, 6) is -0.0334. The highest BCUT2D eigenvalue weighted by Crippen LogP contribution is 2.17. The van der Waals surface area contributed by atoms with E-state index in [0.29, 0.717) is 19.3 Å². The topological polar surface area (TPSA) is 78.9 Å². The van der Waals surface area contributed by atoms with E-state index in [2.05, 4.69) is 27.7 Å². The second kappa shape index (κ2) is 46.5. The minimum atomic E-state index is -0.761. The Bertz CT molecular complexity index is 874. The molecule has 0 aliphatic rings. The lowest BCUT2D eigenvalue weighted by Gasteiger charge is -2.18. The van der Waals surface area contributed by atoms with Crippen LogP contribution in [0, 0.1) is 5.92 Å². The maximum absolute atomic E-state index is 12.8. The molecule has 0 aliphatic carbocycles. The summed E-state index contributed by atoms with van der Waals surface area (Å²) in [6.45, 7) is 9.00. The van der Waals surface area contributed by atoms with Crippen LogP contribution in [0.15, 0.2) is 0 Å². The Hall–Kier alpha value is -1.59. The summed E-state index contributed by atoms with van der Waals surface area (Å²) < 4.78 is 16.8. The van der Waals surface area contributed by atoms with E-state index in [0.717, 1.165) is 63.7 Å². The molecular weight excluding hydrogens is 721 g/mol. The van der Waals surface area contributed by atoms with Crippen LogP contribution in [0.2, 0.25) is 0 Å². The summed E-state index contributed by atoms with van der Waals surface area (Å²) >= 11 is 0. The second-order valence-electron chi connectivity index (χ2n) is 18.1. The molecule has 0 amide bonds. The van der Waals surface area contributed by atoms with Crippen molar-refractivity contribution in [2.75, 3.05) is 13.2 Å². The number of carbonyl (C=O) groups excluding carboxylic acids is 3. The lowest BCUT2D eigenvalue weighted by molar-refractivity contribution is -0.167. The zero-order valence-electron chi connectivity index (χ0n) is 39.5. The molecule has 0 aliphatic heterocycles. The van der Waals surface area contributed by atoms with Gasteiger partial charge in [0.15, 0.2) is 6.10 Å². The largest absolute Gasteiger partial charge is 0.462 e. The van der Waals surface area contributed by atoms with Crippen molar-refractivity contribution < 1.29 is 28.6 Å². The Balaban J connectivity index is 4.27. The number of carbonyl (C=O) groups is 3. The fourth-order valence-corrected chi connectivity index (χ4v) is 7.83. The Labute approximate surface area is 361 Å². The molecule has 6 nitrogen and oxygen atoms in total. The third kappa shape index (κ3) is 44.0. The summed E-state index contributed by atoms with van der Waals surface area (Å²) in [7, 11) is 0. The number of unbranched alkanes of at least 4 members (excludes halogenated alkanes) is 33. The molecule has 2 atom stereocenters. The van der Waals surface area contributed by atoms with Crippen LogP contribution in [0.25, 0.3) is 0 Å². The van der Waals surface area contributed by atoms with Crippen LogP contribution >= 0.6 is 0 Å². The predicted molar refractivity (Wildman–Crippen MR) is 247 cm³/mol. The molecule has 0 aromatic rings. The highest BCUT2D eigenvalue weighted by molar-refractivity contribution is 5.71. The summed E-state index contributed by atoms with van der Waals surface area (Å²) in [5.41, 5.74) is 0. The number of hydrogen-bond acceptors (Lipinski definition) is 6.